The molecule has 1 aromatic rings. The van der Waals surface area contributed by atoms with Gasteiger partial charge in [-0.15, -0.1) is 0 Å². The summed E-state index contributed by atoms with van der Waals surface area (Å²) in [5.74, 6) is -0.349. The first-order valence-corrected chi connectivity index (χ1v) is 6.74. The molecule has 0 saturated heterocycles. The Kier molecular flexibility index (Phi) is 5.70. The number of anilines is 1. The van der Waals surface area contributed by atoms with Gasteiger partial charge in [0.2, 0.25) is 11.8 Å². The highest BCUT2D eigenvalue weighted by Gasteiger charge is 2.21. The number of hydrogen-bond donors (Lipinski definition) is 3. The number of rotatable bonds is 6. The van der Waals surface area contributed by atoms with Gasteiger partial charge in [0.05, 0.1) is 6.04 Å². The van der Waals surface area contributed by atoms with Crippen LogP contribution in [0.15, 0.2) is 24.3 Å². The van der Waals surface area contributed by atoms with Gasteiger partial charge >= 0.3 is 0 Å². The third kappa shape index (κ3) is 4.66. The molecule has 4 N–H and O–H groups in total. The van der Waals surface area contributed by atoms with Crippen LogP contribution in [0.1, 0.15) is 39.3 Å². The number of amides is 2. The van der Waals surface area contributed by atoms with Gasteiger partial charge in [0.15, 0.2) is 0 Å². The number of nitrogens with one attached hydrogen (secondary N) is 2. The molecule has 1 aromatic carbocycles. The number of nitrogens with two attached hydrogens (primary N) is 1. The fraction of sp³-hybridized carbons (Fsp3) is 0.467. The molecule has 0 aliphatic rings. The molecule has 2 unspecified atom stereocenters. The van der Waals surface area contributed by atoms with Gasteiger partial charge in [0.25, 0.3) is 0 Å². The average molecular weight is 277 g/mol. The number of carbonyl (C=O) groups excluding carboxylic acids is 2. The number of carbonyl (C=O) groups is 2. The third-order valence-electron chi connectivity index (χ3n) is 3.11. The summed E-state index contributed by atoms with van der Waals surface area (Å²) in [5.41, 5.74) is 7.13. The molecule has 110 valence electrons. The molecule has 20 heavy (non-hydrogen) atoms. The molecule has 1 rings (SSSR count). The quantitative estimate of drug-likeness (QED) is 0.741. The molecule has 0 aliphatic carbocycles. The maximum Gasteiger partial charge on any atom is 0.234 e. The second-order valence-electron chi connectivity index (χ2n) is 5.32. The Morgan fingerprint density at radius 1 is 1.20 bits per heavy atom. The van der Waals surface area contributed by atoms with E-state index in [4.69, 9.17) is 5.73 Å². The Morgan fingerprint density at radius 3 is 2.35 bits per heavy atom. The maximum absolute atomic E-state index is 11.4. The Labute approximate surface area is 119 Å². The second kappa shape index (κ2) is 7.05. The summed E-state index contributed by atoms with van der Waals surface area (Å²) in [4.78, 5) is 22.5. The van der Waals surface area contributed by atoms with Crippen LogP contribution in [-0.2, 0) is 9.59 Å². The van der Waals surface area contributed by atoms with Crippen LogP contribution in [0.5, 0.6) is 0 Å². The summed E-state index contributed by atoms with van der Waals surface area (Å²) < 4.78 is 0. The molecule has 2 amide bonds. The van der Waals surface area contributed by atoms with Crippen molar-refractivity contribution in [3.8, 4) is 0 Å². The molecule has 5 nitrogen and oxygen atoms in total. The molecular weight excluding hydrogens is 254 g/mol. The first-order chi connectivity index (χ1) is 9.31. The first kappa shape index (κ1) is 16.2. The van der Waals surface area contributed by atoms with Gasteiger partial charge in [-0.25, -0.2) is 0 Å². The van der Waals surface area contributed by atoms with Crippen molar-refractivity contribution in [1.29, 1.82) is 0 Å². The van der Waals surface area contributed by atoms with Gasteiger partial charge < -0.3 is 11.1 Å². The van der Waals surface area contributed by atoms with Gasteiger partial charge in [-0.1, -0.05) is 26.0 Å². The molecule has 5 heteroatoms. The van der Waals surface area contributed by atoms with Crippen molar-refractivity contribution in [2.75, 3.05) is 5.32 Å². The lowest BCUT2D eigenvalue weighted by molar-refractivity contribution is -0.121. The van der Waals surface area contributed by atoms with Gasteiger partial charge in [0.1, 0.15) is 0 Å². The lowest BCUT2D eigenvalue weighted by Crippen LogP contribution is -2.45. The number of hydrogen-bond acceptors (Lipinski definition) is 3. The summed E-state index contributed by atoms with van der Waals surface area (Å²) >= 11 is 0. The largest absolute Gasteiger partial charge is 0.368 e. The lowest BCUT2D eigenvalue weighted by Gasteiger charge is -2.24. The van der Waals surface area contributed by atoms with Crippen LogP contribution >= 0.6 is 0 Å². The molecule has 0 radical (unpaired) electrons. The van der Waals surface area contributed by atoms with Crippen molar-refractivity contribution in [2.45, 2.75) is 39.8 Å². The van der Waals surface area contributed by atoms with Crippen LogP contribution in [0.4, 0.5) is 5.69 Å². The second-order valence-corrected chi connectivity index (χ2v) is 5.32. The molecule has 0 spiro atoms. The van der Waals surface area contributed by atoms with Crippen molar-refractivity contribution in [2.24, 2.45) is 11.7 Å². The zero-order valence-electron chi connectivity index (χ0n) is 12.4. The zero-order chi connectivity index (χ0) is 15.3. The predicted octanol–water partition coefficient (Wildman–Crippen LogP) is 1.81. The fourth-order valence-corrected chi connectivity index (χ4v) is 2.06. The molecule has 0 bridgehead atoms. The van der Waals surface area contributed by atoms with E-state index in [1.54, 1.807) is 0 Å². The first-order valence-electron chi connectivity index (χ1n) is 6.74. The lowest BCUT2D eigenvalue weighted by atomic mass is 10.0. The smallest absolute Gasteiger partial charge is 0.234 e. The summed E-state index contributed by atoms with van der Waals surface area (Å²) in [6.45, 7) is 7.33. The molecular formula is C15H23N3O2. The monoisotopic (exact) mass is 277 g/mol. The highest BCUT2D eigenvalue weighted by molar-refractivity contribution is 5.88. The van der Waals surface area contributed by atoms with Crippen molar-refractivity contribution in [1.82, 2.24) is 5.32 Å². The molecule has 0 fully saturated rings. The van der Waals surface area contributed by atoms with E-state index in [2.05, 4.69) is 10.6 Å². The number of benzene rings is 1. The van der Waals surface area contributed by atoms with Crippen LogP contribution in [0.3, 0.4) is 0 Å². The third-order valence-corrected chi connectivity index (χ3v) is 3.11. The highest BCUT2D eigenvalue weighted by atomic mass is 16.2. The Balaban J connectivity index is 2.83. The van der Waals surface area contributed by atoms with Crippen LogP contribution in [-0.4, -0.2) is 17.9 Å². The summed E-state index contributed by atoms with van der Waals surface area (Å²) in [6.07, 6.45) is 0. The summed E-state index contributed by atoms with van der Waals surface area (Å²) in [7, 11) is 0. The summed E-state index contributed by atoms with van der Waals surface area (Å²) in [6, 6.07) is 7.11. The summed E-state index contributed by atoms with van der Waals surface area (Å²) in [5, 5.41) is 5.97. The van der Waals surface area contributed by atoms with Crippen LogP contribution in [0.2, 0.25) is 0 Å². The highest BCUT2D eigenvalue weighted by Crippen LogP contribution is 2.19. The van der Waals surface area contributed by atoms with Crippen LogP contribution in [0, 0.1) is 5.92 Å². The Bertz CT molecular complexity index is 486. The van der Waals surface area contributed by atoms with E-state index < -0.39 is 0 Å². The van der Waals surface area contributed by atoms with Crippen LogP contribution in [0.25, 0.3) is 0 Å². The number of primary amides is 1. The van der Waals surface area contributed by atoms with E-state index in [1.807, 2.05) is 45.0 Å². The van der Waals surface area contributed by atoms with Crippen molar-refractivity contribution < 1.29 is 9.59 Å². The van der Waals surface area contributed by atoms with E-state index in [0.717, 1.165) is 11.3 Å². The standard InChI is InChI=1S/C15H23N3O2/c1-9(2)14(15(16)20)17-10(3)12-6-5-7-13(8-12)18-11(4)19/h5-10,14,17H,1-4H3,(H2,16,20)(H,18,19). The van der Waals surface area contributed by atoms with E-state index in [9.17, 15) is 9.59 Å². The van der Waals surface area contributed by atoms with Crippen molar-refractivity contribution >= 4 is 17.5 Å². The van der Waals surface area contributed by atoms with E-state index in [1.165, 1.54) is 6.92 Å². The van der Waals surface area contributed by atoms with Crippen molar-refractivity contribution in [3.63, 3.8) is 0 Å². The normalized spacial score (nSPS) is 13.8. The van der Waals surface area contributed by atoms with E-state index in [-0.39, 0.29) is 29.8 Å². The maximum atomic E-state index is 11.4. The minimum atomic E-state index is -0.380. The molecule has 2 atom stereocenters. The minimum absolute atomic E-state index is 0.0383. The predicted molar refractivity (Wildman–Crippen MR) is 80.1 cm³/mol. The molecule has 0 heterocycles. The van der Waals surface area contributed by atoms with E-state index >= 15 is 0 Å². The molecule has 0 saturated carbocycles. The van der Waals surface area contributed by atoms with Gasteiger partial charge in [0, 0.05) is 18.7 Å². The minimum Gasteiger partial charge on any atom is -0.368 e. The zero-order valence-corrected chi connectivity index (χ0v) is 12.4. The molecule has 0 aromatic heterocycles. The topological polar surface area (TPSA) is 84.2 Å². The van der Waals surface area contributed by atoms with Crippen LogP contribution < -0.4 is 16.4 Å². The van der Waals surface area contributed by atoms with Gasteiger partial charge in [-0.05, 0) is 30.5 Å². The average Bonchev–Trinajstić information content (AvgIpc) is 2.34. The van der Waals surface area contributed by atoms with Gasteiger partial charge in [-0.3, -0.25) is 14.9 Å². The molecule has 0 aliphatic heterocycles. The Morgan fingerprint density at radius 2 is 1.85 bits per heavy atom. The fourth-order valence-electron chi connectivity index (χ4n) is 2.06. The van der Waals surface area contributed by atoms with Gasteiger partial charge in [-0.2, -0.15) is 0 Å². The Hall–Kier alpha value is -1.88. The SMILES string of the molecule is CC(=O)Nc1cccc(C(C)NC(C(N)=O)C(C)C)c1. The van der Waals surface area contributed by atoms with Crippen molar-refractivity contribution in [3.05, 3.63) is 29.8 Å². The van der Waals surface area contributed by atoms with E-state index in [0.29, 0.717) is 0 Å².